The maximum absolute atomic E-state index is 12.5. The molecule has 5 nitrogen and oxygen atoms in total. The summed E-state index contributed by atoms with van der Waals surface area (Å²) in [6.07, 6.45) is 3.75. The minimum Gasteiger partial charge on any atom is -0.495 e. The molecule has 0 fully saturated rings. The molecule has 0 atom stereocenters. The molecule has 1 aromatic carbocycles. The lowest BCUT2D eigenvalue weighted by molar-refractivity contribution is 0.402. The van der Waals surface area contributed by atoms with Crippen LogP contribution in [0, 0.1) is 13.8 Å². The predicted octanol–water partition coefficient (Wildman–Crippen LogP) is 2.13. The topological polar surface area (TPSA) is 60.3 Å². The van der Waals surface area contributed by atoms with Gasteiger partial charge in [-0.05, 0) is 48.7 Å². The molecule has 0 saturated carbocycles. The van der Waals surface area contributed by atoms with Crippen molar-refractivity contribution in [3.05, 3.63) is 47.3 Å². The zero-order chi connectivity index (χ0) is 15.6. The maximum Gasteiger partial charge on any atom is 0.244 e. The first-order valence-electron chi connectivity index (χ1n) is 6.59. The van der Waals surface area contributed by atoms with Crippen LogP contribution in [0.2, 0.25) is 0 Å². The molecule has 1 aromatic heterocycles. The highest BCUT2D eigenvalue weighted by Gasteiger charge is 2.20. The van der Waals surface area contributed by atoms with E-state index in [1.807, 2.05) is 43.9 Å². The standard InChI is InChI=1S/C15H20N2O3S/c1-11-7-14(20-4)15(8-12(11)2)21(18,19)16-9-13-5-6-17(3)10-13/h5-8,10,16H,9H2,1-4H3. The average Bonchev–Trinajstić information content (AvgIpc) is 2.85. The van der Waals surface area contributed by atoms with Gasteiger partial charge in [-0.15, -0.1) is 0 Å². The SMILES string of the molecule is COc1cc(C)c(C)cc1S(=O)(=O)NCc1ccn(C)c1. The minimum absolute atomic E-state index is 0.170. The van der Waals surface area contributed by atoms with Crippen LogP contribution in [0.3, 0.4) is 0 Å². The predicted molar refractivity (Wildman–Crippen MR) is 81.9 cm³/mol. The fourth-order valence-corrected chi connectivity index (χ4v) is 3.31. The van der Waals surface area contributed by atoms with Crippen molar-refractivity contribution in [1.29, 1.82) is 0 Å². The van der Waals surface area contributed by atoms with Crippen molar-refractivity contribution >= 4 is 10.0 Å². The second-order valence-electron chi connectivity index (χ2n) is 5.10. The number of nitrogens with zero attached hydrogens (tertiary/aromatic N) is 1. The molecule has 21 heavy (non-hydrogen) atoms. The molecule has 2 rings (SSSR count). The van der Waals surface area contributed by atoms with E-state index in [-0.39, 0.29) is 11.4 Å². The number of aromatic nitrogens is 1. The van der Waals surface area contributed by atoms with Gasteiger partial charge >= 0.3 is 0 Å². The third-order valence-corrected chi connectivity index (χ3v) is 4.85. The van der Waals surface area contributed by atoms with Gasteiger partial charge in [0.15, 0.2) is 0 Å². The highest BCUT2D eigenvalue weighted by atomic mass is 32.2. The van der Waals surface area contributed by atoms with Crippen molar-refractivity contribution in [3.8, 4) is 5.75 Å². The lowest BCUT2D eigenvalue weighted by Gasteiger charge is -2.13. The van der Waals surface area contributed by atoms with Crippen molar-refractivity contribution < 1.29 is 13.2 Å². The van der Waals surface area contributed by atoms with Crippen LogP contribution in [0.1, 0.15) is 16.7 Å². The fourth-order valence-electron chi connectivity index (χ4n) is 2.05. The number of nitrogens with one attached hydrogen (secondary N) is 1. The van der Waals surface area contributed by atoms with Crippen LogP contribution in [-0.2, 0) is 23.6 Å². The van der Waals surface area contributed by atoms with Crippen LogP contribution < -0.4 is 9.46 Å². The van der Waals surface area contributed by atoms with E-state index in [1.165, 1.54) is 7.11 Å². The first-order chi connectivity index (χ1) is 9.83. The molecule has 0 aliphatic heterocycles. The smallest absolute Gasteiger partial charge is 0.244 e. The zero-order valence-corrected chi connectivity index (χ0v) is 13.5. The molecule has 1 heterocycles. The Morgan fingerprint density at radius 1 is 1.24 bits per heavy atom. The highest BCUT2D eigenvalue weighted by molar-refractivity contribution is 7.89. The summed E-state index contributed by atoms with van der Waals surface area (Å²) in [5, 5.41) is 0. The van der Waals surface area contributed by atoms with E-state index < -0.39 is 10.0 Å². The summed E-state index contributed by atoms with van der Waals surface area (Å²) in [5.74, 6) is 0.360. The second kappa shape index (κ2) is 5.91. The molecule has 0 aliphatic rings. The Morgan fingerprint density at radius 3 is 2.48 bits per heavy atom. The summed E-state index contributed by atoms with van der Waals surface area (Å²) in [5.41, 5.74) is 2.81. The minimum atomic E-state index is -3.62. The second-order valence-corrected chi connectivity index (χ2v) is 6.83. The fraction of sp³-hybridized carbons (Fsp3) is 0.333. The number of methoxy groups -OCH3 is 1. The number of aryl methyl sites for hydroxylation is 3. The van der Waals surface area contributed by atoms with E-state index in [1.54, 1.807) is 12.1 Å². The Bertz CT molecular complexity index is 748. The van der Waals surface area contributed by atoms with Gasteiger partial charge in [0.2, 0.25) is 10.0 Å². The molecule has 0 unspecified atom stereocenters. The Morgan fingerprint density at radius 2 is 1.90 bits per heavy atom. The number of ether oxygens (including phenoxy) is 1. The third-order valence-electron chi connectivity index (χ3n) is 3.43. The van der Waals surface area contributed by atoms with Gasteiger partial charge in [0.25, 0.3) is 0 Å². The monoisotopic (exact) mass is 308 g/mol. The summed E-state index contributed by atoms with van der Waals surface area (Å²) in [6.45, 7) is 4.05. The Kier molecular flexibility index (Phi) is 4.39. The highest BCUT2D eigenvalue weighted by Crippen LogP contribution is 2.27. The molecular weight excluding hydrogens is 288 g/mol. The zero-order valence-electron chi connectivity index (χ0n) is 12.7. The van der Waals surface area contributed by atoms with E-state index in [0.29, 0.717) is 5.75 Å². The Hall–Kier alpha value is -1.79. The quantitative estimate of drug-likeness (QED) is 0.920. The van der Waals surface area contributed by atoms with Crippen LogP contribution in [0.5, 0.6) is 5.75 Å². The van der Waals surface area contributed by atoms with Crippen LogP contribution in [0.25, 0.3) is 0 Å². The average molecular weight is 308 g/mol. The molecule has 114 valence electrons. The molecule has 2 aromatic rings. The van der Waals surface area contributed by atoms with Crippen LogP contribution >= 0.6 is 0 Å². The van der Waals surface area contributed by atoms with Gasteiger partial charge in [-0.2, -0.15) is 0 Å². The molecule has 0 spiro atoms. The van der Waals surface area contributed by atoms with Gasteiger partial charge < -0.3 is 9.30 Å². The van der Waals surface area contributed by atoms with Crippen LogP contribution in [-0.4, -0.2) is 20.1 Å². The van der Waals surface area contributed by atoms with Gasteiger partial charge in [-0.3, -0.25) is 0 Å². The van der Waals surface area contributed by atoms with Crippen molar-refractivity contribution in [2.75, 3.05) is 7.11 Å². The molecule has 6 heteroatoms. The van der Waals surface area contributed by atoms with Crippen molar-refractivity contribution in [1.82, 2.24) is 9.29 Å². The van der Waals surface area contributed by atoms with E-state index >= 15 is 0 Å². The Balaban J connectivity index is 2.28. The lowest BCUT2D eigenvalue weighted by Crippen LogP contribution is -2.23. The largest absolute Gasteiger partial charge is 0.495 e. The van der Waals surface area contributed by atoms with Crippen LogP contribution in [0.15, 0.2) is 35.5 Å². The van der Waals surface area contributed by atoms with Gasteiger partial charge in [-0.1, -0.05) is 0 Å². The third kappa shape index (κ3) is 3.46. The summed E-state index contributed by atoms with van der Waals surface area (Å²) in [4.78, 5) is 0.170. The van der Waals surface area contributed by atoms with Crippen molar-refractivity contribution in [3.63, 3.8) is 0 Å². The number of benzene rings is 1. The number of hydrogen-bond acceptors (Lipinski definition) is 3. The Labute approximate surface area is 125 Å². The van der Waals surface area contributed by atoms with Gasteiger partial charge in [0, 0.05) is 26.0 Å². The van der Waals surface area contributed by atoms with E-state index in [0.717, 1.165) is 16.7 Å². The van der Waals surface area contributed by atoms with E-state index in [4.69, 9.17) is 4.74 Å². The molecule has 0 amide bonds. The molecule has 0 saturated heterocycles. The molecular formula is C15H20N2O3S. The summed E-state index contributed by atoms with van der Waals surface area (Å²) in [7, 11) is -0.250. The molecule has 1 N–H and O–H groups in total. The van der Waals surface area contributed by atoms with Crippen LogP contribution in [0.4, 0.5) is 0 Å². The summed E-state index contributed by atoms with van der Waals surface area (Å²) < 4.78 is 34.6. The van der Waals surface area contributed by atoms with Crippen molar-refractivity contribution in [2.45, 2.75) is 25.3 Å². The first-order valence-corrected chi connectivity index (χ1v) is 8.07. The van der Waals surface area contributed by atoms with E-state index in [2.05, 4.69) is 4.72 Å². The van der Waals surface area contributed by atoms with Crippen molar-refractivity contribution in [2.24, 2.45) is 7.05 Å². The normalized spacial score (nSPS) is 11.6. The first kappa shape index (κ1) is 15.6. The van der Waals surface area contributed by atoms with Gasteiger partial charge in [0.1, 0.15) is 10.6 Å². The lowest BCUT2D eigenvalue weighted by atomic mass is 10.1. The number of hydrogen-bond donors (Lipinski definition) is 1. The maximum atomic E-state index is 12.5. The van der Waals surface area contributed by atoms with Gasteiger partial charge in [-0.25, -0.2) is 13.1 Å². The molecule has 0 aliphatic carbocycles. The van der Waals surface area contributed by atoms with E-state index in [9.17, 15) is 8.42 Å². The number of rotatable bonds is 5. The molecule has 0 radical (unpaired) electrons. The number of sulfonamides is 1. The van der Waals surface area contributed by atoms with Gasteiger partial charge in [0.05, 0.1) is 7.11 Å². The molecule has 0 bridgehead atoms. The summed E-state index contributed by atoms with van der Waals surface area (Å²) >= 11 is 0. The summed E-state index contributed by atoms with van der Waals surface area (Å²) in [6, 6.07) is 5.26.